The van der Waals surface area contributed by atoms with Crippen LogP contribution < -0.4 is 11.1 Å². The van der Waals surface area contributed by atoms with Crippen molar-refractivity contribution in [2.24, 2.45) is 11.8 Å². The van der Waals surface area contributed by atoms with E-state index in [9.17, 15) is 4.79 Å². The smallest absolute Gasteiger partial charge is 0.251 e. The molecule has 0 spiro atoms. The number of carbonyl (C=O) groups is 1. The Labute approximate surface area is 164 Å². The molecule has 4 rings (SSSR count). The third-order valence-corrected chi connectivity index (χ3v) is 5.34. The molecule has 0 aliphatic heterocycles. The van der Waals surface area contributed by atoms with Crippen molar-refractivity contribution in [2.75, 3.05) is 12.3 Å². The number of carbonyl (C=O) groups excluding carboxylic acids is 1. The van der Waals surface area contributed by atoms with Gasteiger partial charge in [0.2, 0.25) is 0 Å². The van der Waals surface area contributed by atoms with Crippen LogP contribution in [0.25, 0.3) is 11.3 Å². The second-order valence-electron chi connectivity index (χ2n) is 7.74. The first-order chi connectivity index (χ1) is 13.6. The van der Waals surface area contributed by atoms with E-state index >= 15 is 0 Å². The van der Waals surface area contributed by atoms with Crippen LogP contribution >= 0.6 is 0 Å². The number of benzene rings is 2. The Balaban J connectivity index is 1.46. The molecule has 1 aliphatic rings. The molecule has 1 saturated carbocycles. The van der Waals surface area contributed by atoms with Crippen molar-refractivity contribution in [1.82, 2.24) is 20.3 Å². The van der Waals surface area contributed by atoms with E-state index in [1.165, 1.54) is 12.8 Å². The number of amides is 1. The van der Waals surface area contributed by atoms with Gasteiger partial charge >= 0.3 is 0 Å². The van der Waals surface area contributed by atoms with Gasteiger partial charge in [-0.15, -0.1) is 5.10 Å². The van der Waals surface area contributed by atoms with Crippen molar-refractivity contribution >= 4 is 11.6 Å². The topological polar surface area (TPSA) is 85.8 Å². The predicted octanol–water partition coefficient (Wildman–Crippen LogP) is 3.35. The van der Waals surface area contributed by atoms with Gasteiger partial charge in [0.1, 0.15) is 5.69 Å². The van der Waals surface area contributed by atoms with E-state index in [0.29, 0.717) is 23.7 Å². The fourth-order valence-corrected chi connectivity index (χ4v) is 3.83. The molecule has 0 radical (unpaired) electrons. The summed E-state index contributed by atoms with van der Waals surface area (Å²) in [5.41, 5.74) is 9.83. The van der Waals surface area contributed by atoms with Crippen LogP contribution in [0.5, 0.6) is 0 Å². The minimum absolute atomic E-state index is 0.0219. The maximum Gasteiger partial charge on any atom is 0.251 e. The number of aromatic nitrogens is 3. The van der Waals surface area contributed by atoms with Crippen molar-refractivity contribution in [3.05, 3.63) is 65.9 Å². The molecule has 3 aromatic rings. The quantitative estimate of drug-likeness (QED) is 0.647. The Morgan fingerprint density at radius 3 is 2.82 bits per heavy atom. The lowest BCUT2D eigenvalue weighted by molar-refractivity contribution is 0.0926. The molecule has 0 saturated heterocycles. The number of anilines is 1. The molecule has 0 unspecified atom stereocenters. The minimum Gasteiger partial charge on any atom is -0.399 e. The van der Waals surface area contributed by atoms with Crippen LogP contribution in [-0.2, 0) is 6.54 Å². The molecule has 0 bridgehead atoms. The van der Waals surface area contributed by atoms with Crippen LogP contribution in [0.2, 0.25) is 0 Å². The monoisotopic (exact) mass is 375 g/mol. The molecule has 0 atom stereocenters. The lowest BCUT2D eigenvalue weighted by atomic mass is 9.76. The third-order valence-electron chi connectivity index (χ3n) is 5.34. The minimum atomic E-state index is -0.0219. The number of rotatable bonds is 6. The zero-order valence-corrected chi connectivity index (χ0v) is 16.0. The van der Waals surface area contributed by atoms with Crippen molar-refractivity contribution in [3.8, 4) is 11.3 Å². The van der Waals surface area contributed by atoms with Gasteiger partial charge in [-0.1, -0.05) is 42.5 Å². The van der Waals surface area contributed by atoms with E-state index in [0.717, 1.165) is 29.3 Å². The molecule has 1 heterocycles. The average Bonchev–Trinajstić information content (AvgIpc) is 3.13. The molecular weight excluding hydrogens is 350 g/mol. The highest BCUT2D eigenvalue weighted by atomic mass is 16.1. The molecule has 1 aliphatic carbocycles. The highest BCUT2D eigenvalue weighted by Crippen LogP contribution is 2.32. The standard InChI is InChI=1S/C22H25N5O/c1-15-9-16(10-15)12-24-22(28)20-8-3-2-5-18(20)13-27-14-21(25-26-27)17-6-4-7-19(23)11-17/h2-8,11,14-16H,9-10,12-13,23H2,1H3,(H,24,28). The Bertz CT molecular complexity index is 974. The summed E-state index contributed by atoms with van der Waals surface area (Å²) >= 11 is 0. The fraction of sp³-hybridized carbons (Fsp3) is 0.318. The van der Waals surface area contributed by atoms with Crippen LogP contribution in [0.1, 0.15) is 35.7 Å². The molecular formula is C22H25N5O. The Kier molecular flexibility index (Phi) is 5.10. The first-order valence-corrected chi connectivity index (χ1v) is 9.70. The van der Waals surface area contributed by atoms with Gasteiger partial charge in [-0.2, -0.15) is 0 Å². The summed E-state index contributed by atoms with van der Waals surface area (Å²) in [7, 11) is 0. The number of nitrogens with two attached hydrogens (primary N) is 1. The number of nitrogens with one attached hydrogen (secondary N) is 1. The maximum atomic E-state index is 12.7. The summed E-state index contributed by atoms with van der Waals surface area (Å²) < 4.78 is 1.75. The Hall–Kier alpha value is -3.15. The van der Waals surface area contributed by atoms with Gasteiger partial charge in [0.05, 0.1) is 12.7 Å². The zero-order valence-electron chi connectivity index (χ0n) is 16.0. The van der Waals surface area contributed by atoms with E-state index in [1.54, 1.807) is 4.68 Å². The van der Waals surface area contributed by atoms with Crippen LogP contribution in [0.4, 0.5) is 5.69 Å². The number of hydrogen-bond acceptors (Lipinski definition) is 4. The maximum absolute atomic E-state index is 12.7. The number of nitrogens with zero attached hydrogens (tertiary/aromatic N) is 3. The zero-order chi connectivity index (χ0) is 19.5. The van der Waals surface area contributed by atoms with Crippen molar-refractivity contribution in [1.29, 1.82) is 0 Å². The first kappa shape index (κ1) is 18.2. The SMILES string of the molecule is CC1CC(CNC(=O)c2ccccc2Cn2cc(-c3cccc(N)c3)nn2)C1. The van der Waals surface area contributed by atoms with Gasteiger partial charge in [-0.25, -0.2) is 4.68 Å². The normalized spacial score (nSPS) is 18.5. The van der Waals surface area contributed by atoms with E-state index < -0.39 is 0 Å². The number of hydrogen-bond donors (Lipinski definition) is 2. The molecule has 6 heteroatoms. The molecule has 2 aromatic carbocycles. The van der Waals surface area contributed by atoms with Crippen molar-refractivity contribution in [2.45, 2.75) is 26.3 Å². The number of nitrogen functional groups attached to an aromatic ring is 1. The summed E-state index contributed by atoms with van der Waals surface area (Å²) in [6.07, 6.45) is 4.28. The van der Waals surface area contributed by atoms with Gasteiger partial charge in [0.25, 0.3) is 5.91 Å². The van der Waals surface area contributed by atoms with Gasteiger partial charge < -0.3 is 11.1 Å². The third kappa shape index (κ3) is 4.06. The molecule has 1 aromatic heterocycles. The molecule has 1 fully saturated rings. The fourth-order valence-electron chi connectivity index (χ4n) is 3.83. The van der Waals surface area contributed by atoms with Crippen molar-refractivity contribution < 1.29 is 4.79 Å². The van der Waals surface area contributed by atoms with Crippen LogP contribution in [0, 0.1) is 11.8 Å². The van der Waals surface area contributed by atoms with E-state index in [4.69, 9.17) is 5.73 Å². The van der Waals surface area contributed by atoms with E-state index in [1.807, 2.05) is 54.7 Å². The largest absolute Gasteiger partial charge is 0.399 e. The predicted molar refractivity (Wildman–Crippen MR) is 110 cm³/mol. The summed E-state index contributed by atoms with van der Waals surface area (Å²) in [5, 5.41) is 11.5. The van der Waals surface area contributed by atoms with Gasteiger partial charge in [-0.05, 0) is 48.4 Å². The van der Waals surface area contributed by atoms with Crippen LogP contribution in [0.3, 0.4) is 0 Å². The average molecular weight is 375 g/mol. The summed E-state index contributed by atoms with van der Waals surface area (Å²) in [4.78, 5) is 12.7. The van der Waals surface area contributed by atoms with Gasteiger partial charge in [-0.3, -0.25) is 4.79 Å². The van der Waals surface area contributed by atoms with Crippen LogP contribution in [-0.4, -0.2) is 27.4 Å². The molecule has 28 heavy (non-hydrogen) atoms. The summed E-state index contributed by atoms with van der Waals surface area (Å²) in [6, 6.07) is 15.2. The molecule has 144 valence electrons. The van der Waals surface area contributed by atoms with Gasteiger partial charge in [0, 0.05) is 23.4 Å². The summed E-state index contributed by atoms with van der Waals surface area (Å²) in [5.74, 6) is 1.38. The molecule has 6 nitrogen and oxygen atoms in total. The Morgan fingerprint density at radius 2 is 2.04 bits per heavy atom. The lowest BCUT2D eigenvalue weighted by Gasteiger charge is -2.32. The van der Waals surface area contributed by atoms with Gasteiger partial charge in [0.15, 0.2) is 0 Å². The van der Waals surface area contributed by atoms with Crippen molar-refractivity contribution in [3.63, 3.8) is 0 Å². The summed E-state index contributed by atoms with van der Waals surface area (Å²) in [6.45, 7) is 3.49. The van der Waals surface area contributed by atoms with Crippen LogP contribution in [0.15, 0.2) is 54.7 Å². The molecule has 1 amide bonds. The lowest BCUT2D eigenvalue weighted by Crippen LogP contribution is -2.35. The Morgan fingerprint density at radius 1 is 1.21 bits per heavy atom. The van der Waals surface area contributed by atoms with E-state index in [2.05, 4.69) is 22.6 Å². The highest BCUT2D eigenvalue weighted by Gasteiger charge is 2.25. The first-order valence-electron chi connectivity index (χ1n) is 9.70. The second-order valence-corrected chi connectivity index (χ2v) is 7.74. The van der Waals surface area contributed by atoms with E-state index in [-0.39, 0.29) is 5.91 Å². The molecule has 3 N–H and O–H groups in total. The second kappa shape index (κ2) is 7.84. The highest BCUT2D eigenvalue weighted by molar-refractivity contribution is 5.95.